The quantitative estimate of drug-likeness (QED) is 0.135. The van der Waals surface area contributed by atoms with Gasteiger partial charge >= 0.3 is 0 Å². The van der Waals surface area contributed by atoms with Gasteiger partial charge in [0.15, 0.2) is 10.9 Å². The number of piperazine rings is 1. The number of para-hydroxylation sites is 1. The molecule has 1 aromatic carbocycles. The SMILES string of the molecule is CC(=O)c1c(C)c2cnc(Nc3ccc(N4CCN(C(=O)CCC(=O)Nc5ccccc5C(=O)Nc5nc(C)c(C)s5)CC4)cn3)nc2n(C2CCCC2)c1=O. The Morgan fingerprint density at radius 3 is 2.30 bits per heavy atom. The van der Waals surface area contributed by atoms with Crippen molar-refractivity contribution in [3.63, 3.8) is 0 Å². The second kappa shape index (κ2) is 16.4. The van der Waals surface area contributed by atoms with Crippen LogP contribution in [0.1, 0.15) is 88.3 Å². The molecule has 2 fully saturated rings. The normalized spacial score (nSPS) is 14.6. The van der Waals surface area contributed by atoms with Gasteiger partial charge in [-0.25, -0.2) is 15.0 Å². The second-order valence-electron chi connectivity index (χ2n) is 14.2. The van der Waals surface area contributed by atoms with Crippen LogP contribution in [-0.2, 0) is 9.59 Å². The van der Waals surface area contributed by atoms with Crippen molar-refractivity contribution in [2.75, 3.05) is 47.0 Å². The van der Waals surface area contributed by atoms with E-state index in [2.05, 4.69) is 35.8 Å². The van der Waals surface area contributed by atoms with Gasteiger partial charge in [-0.15, -0.1) is 11.3 Å². The summed E-state index contributed by atoms with van der Waals surface area (Å²) in [6, 6.07) is 10.5. The Bertz CT molecular complexity index is 2360. The Kier molecular flexibility index (Phi) is 11.2. The Labute approximate surface area is 327 Å². The summed E-state index contributed by atoms with van der Waals surface area (Å²) in [5.41, 5.74) is 3.41. The van der Waals surface area contributed by atoms with Gasteiger partial charge in [0.2, 0.25) is 17.8 Å². The van der Waals surface area contributed by atoms with Crippen LogP contribution < -0.4 is 26.4 Å². The van der Waals surface area contributed by atoms with Crippen LogP contribution in [0, 0.1) is 20.8 Å². The first-order valence-electron chi connectivity index (χ1n) is 18.8. The van der Waals surface area contributed by atoms with Gasteiger partial charge in [-0.2, -0.15) is 4.98 Å². The van der Waals surface area contributed by atoms with Crippen molar-refractivity contribution in [2.45, 2.75) is 72.3 Å². The van der Waals surface area contributed by atoms with Crippen LogP contribution in [-0.4, -0.2) is 79.1 Å². The fourth-order valence-electron chi connectivity index (χ4n) is 7.36. The van der Waals surface area contributed by atoms with Crippen molar-refractivity contribution in [3.8, 4) is 0 Å². The fraction of sp³-hybridized carbons (Fsp3) is 0.375. The van der Waals surface area contributed by atoms with Crippen LogP contribution in [0.2, 0.25) is 0 Å². The predicted octanol–water partition coefficient (Wildman–Crippen LogP) is 5.95. The minimum Gasteiger partial charge on any atom is -0.367 e. The lowest BCUT2D eigenvalue weighted by atomic mass is 10.0. The Morgan fingerprint density at radius 2 is 1.62 bits per heavy atom. The van der Waals surface area contributed by atoms with E-state index in [-0.39, 0.29) is 53.5 Å². The summed E-state index contributed by atoms with van der Waals surface area (Å²) in [4.78, 5) is 88.0. The molecule has 0 unspecified atom stereocenters. The molecule has 2 aliphatic rings. The minimum absolute atomic E-state index is 0.0162. The van der Waals surface area contributed by atoms with Crippen LogP contribution in [0.4, 0.5) is 28.3 Å². The van der Waals surface area contributed by atoms with E-state index in [9.17, 15) is 24.0 Å². The molecule has 0 atom stereocenters. The van der Waals surface area contributed by atoms with Gasteiger partial charge in [0, 0.05) is 61.5 Å². The summed E-state index contributed by atoms with van der Waals surface area (Å²) in [6.45, 7) is 9.19. The van der Waals surface area contributed by atoms with Crippen molar-refractivity contribution in [1.82, 2.24) is 29.4 Å². The van der Waals surface area contributed by atoms with Crippen LogP contribution in [0.15, 0.2) is 53.6 Å². The number of aromatic nitrogens is 5. The molecular weight excluding hydrogens is 733 g/mol. The number of fused-ring (bicyclic) bond motifs is 1. The Hall–Kier alpha value is -6.03. The summed E-state index contributed by atoms with van der Waals surface area (Å²) < 4.78 is 1.68. The molecule has 5 heterocycles. The number of aryl methyl sites for hydroxylation is 3. The topological polar surface area (TPSA) is 184 Å². The van der Waals surface area contributed by atoms with Crippen LogP contribution in [0.5, 0.6) is 0 Å². The van der Waals surface area contributed by atoms with Crippen molar-refractivity contribution in [3.05, 3.63) is 86.4 Å². The van der Waals surface area contributed by atoms with Crippen molar-refractivity contribution >= 4 is 74.1 Å². The average Bonchev–Trinajstić information content (AvgIpc) is 3.83. The lowest BCUT2D eigenvalue weighted by Crippen LogP contribution is -2.48. The van der Waals surface area contributed by atoms with E-state index in [1.54, 1.807) is 53.0 Å². The smallest absolute Gasteiger partial charge is 0.263 e. The number of hydrogen-bond acceptors (Lipinski definition) is 12. The zero-order chi connectivity index (χ0) is 39.5. The number of pyridine rings is 2. The van der Waals surface area contributed by atoms with Crippen molar-refractivity contribution in [1.29, 1.82) is 0 Å². The monoisotopic (exact) mass is 776 g/mol. The van der Waals surface area contributed by atoms with Gasteiger partial charge in [0.05, 0.1) is 34.4 Å². The zero-order valence-corrected chi connectivity index (χ0v) is 32.7. The van der Waals surface area contributed by atoms with Gasteiger partial charge in [-0.3, -0.25) is 33.9 Å². The molecule has 1 aliphatic carbocycles. The molecule has 1 saturated heterocycles. The lowest BCUT2D eigenvalue weighted by molar-refractivity contribution is -0.133. The average molecular weight is 777 g/mol. The van der Waals surface area contributed by atoms with Gasteiger partial charge in [-0.1, -0.05) is 25.0 Å². The molecule has 3 amide bonds. The first-order valence-corrected chi connectivity index (χ1v) is 19.6. The molecule has 5 aromatic rings. The van der Waals surface area contributed by atoms with Crippen LogP contribution in [0.3, 0.4) is 0 Å². The number of hydrogen-bond donors (Lipinski definition) is 3. The molecule has 4 aromatic heterocycles. The highest BCUT2D eigenvalue weighted by molar-refractivity contribution is 7.15. The maximum absolute atomic E-state index is 13.5. The summed E-state index contributed by atoms with van der Waals surface area (Å²) >= 11 is 1.39. The number of amides is 3. The maximum atomic E-state index is 13.5. The fourth-order valence-corrected chi connectivity index (χ4v) is 8.17. The Balaban J connectivity index is 0.919. The van der Waals surface area contributed by atoms with E-state index in [1.807, 2.05) is 26.0 Å². The number of anilines is 5. The second-order valence-corrected chi connectivity index (χ2v) is 15.4. The van der Waals surface area contributed by atoms with Gasteiger partial charge in [0.25, 0.3) is 11.5 Å². The molecule has 16 heteroatoms. The van der Waals surface area contributed by atoms with E-state index in [1.165, 1.54) is 18.3 Å². The number of nitrogens with one attached hydrogen (secondary N) is 3. The van der Waals surface area contributed by atoms with E-state index < -0.39 is 0 Å². The van der Waals surface area contributed by atoms with Crippen LogP contribution >= 0.6 is 11.3 Å². The van der Waals surface area contributed by atoms with Crippen molar-refractivity contribution < 1.29 is 19.2 Å². The Morgan fingerprint density at radius 1 is 0.875 bits per heavy atom. The highest BCUT2D eigenvalue weighted by atomic mass is 32.1. The van der Waals surface area contributed by atoms with E-state index >= 15 is 0 Å². The number of nitrogens with zero attached hydrogens (tertiary/aromatic N) is 7. The van der Waals surface area contributed by atoms with Crippen LogP contribution in [0.25, 0.3) is 11.0 Å². The van der Waals surface area contributed by atoms with E-state index in [0.29, 0.717) is 70.9 Å². The molecule has 0 spiro atoms. The summed E-state index contributed by atoms with van der Waals surface area (Å²) in [5, 5.41) is 9.92. The van der Waals surface area contributed by atoms with Gasteiger partial charge in [0.1, 0.15) is 11.5 Å². The third kappa shape index (κ3) is 8.15. The molecule has 7 rings (SSSR count). The first kappa shape index (κ1) is 38.3. The number of ketones is 1. The zero-order valence-electron chi connectivity index (χ0n) is 31.8. The first-order chi connectivity index (χ1) is 27.0. The minimum atomic E-state index is -0.378. The number of carbonyl (C=O) groups is 4. The largest absolute Gasteiger partial charge is 0.367 e. The molecule has 1 saturated carbocycles. The molecule has 0 bridgehead atoms. The third-order valence-corrected chi connectivity index (χ3v) is 11.5. The molecule has 3 N–H and O–H groups in total. The maximum Gasteiger partial charge on any atom is 0.263 e. The molecule has 0 radical (unpaired) electrons. The number of thiazole rings is 1. The highest BCUT2D eigenvalue weighted by Crippen LogP contribution is 2.32. The third-order valence-electron chi connectivity index (χ3n) is 10.5. The standard InChI is InChI=1S/C40H44N10O5S/c1-23-30-22-42-39(46-36(30)50(27-9-5-6-10-27)38(55)35(23)25(3)51)45-32-14-13-28(21-41-32)48-17-19-49(20-18-48)34(53)16-15-33(52)44-31-12-8-7-11-29(31)37(54)47-40-43-24(2)26(4)56-40/h7-8,11-14,21-22,27H,5-6,9-10,15-20H2,1-4H3,(H,44,52)(H,43,47,54)(H,41,42,45,46). The lowest BCUT2D eigenvalue weighted by Gasteiger charge is -2.36. The molecule has 290 valence electrons. The summed E-state index contributed by atoms with van der Waals surface area (Å²) in [6.07, 6.45) is 7.20. The predicted molar refractivity (Wildman–Crippen MR) is 216 cm³/mol. The van der Waals surface area contributed by atoms with E-state index in [4.69, 9.17) is 4.98 Å². The molecular formula is C40H44N10O5S. The number of benzene rings is 1. The summed E-state index contributed by atoms with van der Waals surface area (Å²) in [7, 11) is 0. The molecule has 1 aliphatic heterocycles. The number of rotatable bonds is 11. The van der Waals surface area contributed by atoms with E-state index in [0.717, 1.165) is 41.9 Å². The van der Waals surface area contributed by atoms with Crippen molar-refractivity contribution in [2.24, 2.45) is 0 Å². The van der Waals surface area contributed by atoms with Gasteiger partial charge < -0.3 is 20.4 Å². The summed E-state index contributed by atoms with van der Waals surface area (Å²) in [5.74, 6) is -0.282. The number of carbonyl (C=O) groups excluding carboxylic acids is 4. The van der Waals surface area contributed by atoms with Gasteiger partial charge in [-0.05, 0) is 70.4 Å². The number of Topliss-reactive ketones (excluding diaryl/α,β-unsaturated/α-hetero) is 1. The highest BCUT2D eigenvalue weighted by Gasteiger charge is 2.27. The molecule has 15 nitrogen and oxygen atoms in total. The molecule has 56 heavy (non-hydrogen) atoms.